The molecule has 2 aromatic heterocycles. The van der Waals surface area contributed by atoms with Crippen molar-refractivity contribution in [1.82, 2.24) is 9.61 Å². The molecule has 0 bridgehead atoms. The molecule has 0 aromatic carbocycles. The van der Waals surface area contributed by atoms with E-state index in [0.717, 1.165) is 18.5 Å². The Morgan fingerprint density at radius 2 is 2.00 bits per heavy atom. The van der Waals surface area contributed by atoms with Crippen LogP contribution in [0, 0.1) is 10.6 Å². The van der Waals surface area contributed by atoms with Gasteiger partial charge in [-0.05, 0) is 54.0 Å². The molecule has 0 aliphatic carbocycles. The Hall–Kier alpha value is -0.580. The number of aryl methyl sites for hydroxylation is 3. The summed E-state index contributed by atoms with van der Waals surface area (Å²) in [6.45, 7) is 6.49. The molecular formula is C12H15IN2. The van der Waals surface area contributed by atoms with E-state index in [1.54, 1.807) is 0 Å². The first-order chi connectivity index (χ1) is 7.19. The predicted octanol–water partition coefficient (Wildman–Crippen LogP) is 3.37. The first kappa shape index (κ1) is 10.9. The van der Waals surface area contributed by atoms with E-state index in [4.69, 9.17) is 0 Å². The smallest absolute Gasteiger partial charge is 0.103 e. The fourth-order valence-corrected chi connectivity index (χ4v) is 2.60. The summed E-state index contributed by atoms with van der Waals surface area (Å²) in [6.07, 6.45) is 2.13. The number of aromatic nitrogens is 2. The fraction of sp³-hybridized carbons (Fsp3) is 0.417. The van der Waals surface area contributed by atoms with E-state index in [1.165, 1.54) is 20.3 Å². The Labute approximate surface area is 104 Å². The second kappa shape index (κ2) is 4.12. The van der Waals surface area contributed by atoms with E-state index in [0.29, 0.717) is 0 Å². The highest BCUT2D eigenvalue weighted by molar-refractivity contribution is 14.1. The zero-order valence-corrected chi connectivity index (χ0v) is 11.5. The number of nitrogens with zero attached hydrogens (tertiary/aromatic N) is 2. The molecule has 15 heavy (non-hydrogen) atoms. The second-order valence-corrected chi connectivity index (χ2v) is 4.82. The Morgan fingerprint density at radius 1 is 1.27 bits per heavy atom. The summed E-state index contributed by atoms with van der Waals surface area (Å²) >= 11 is 2.34. The van der Waals surface area contributed by atoms with Gasteiger partial charge in [0.1, 0.15) is 3.70 Å². The van der Waals surface area contributed by atoms with Gasteiger partial charge in [-0.2, -0.15) is 5.10 Å². The fourth-order valence-electron chi connectivity index (χ4n) is 2.07. The molecule has 0 N–H and O–H groups in total. The first-order valence-corrected chi connectivity index (χ1v) is 6.42. The SMILES string of the molecule is CCc1ccc(I)n2nc(C)c(CC)c12. The molecule has 0 aliphatic heterocycles. The van der Waals surface area contributed by atoms with Crippen LogP contribution >= 0.6 is 22.6 Å². The Bertz CT molecular complexity index is 500. The molecule has 2 aromatic rings. The Morgan fingerprint density at radius 3 is 2.60 bits per heavy atom. The summed E-state index contributed by atoms with van der Waals surface area (Å²) in [7, 11) is 0. The van der Waals surface area contributed by atoms with Crippen LogP contribution < -0.4 is 0 Å². The number of pyridine rings is 1. The summed E-state index contributed by atoms with van der Waals surface area (Å²) in [4.78, 5) is 0. The molecule has 0 aliphatic rings. The van der Waals surface area contributed by atoms with Crippen LogP contribution in [-0.2, 0) is 12.8 Å². The van der Waals surface area contributed by atoms with Gasteiger partial charge in [0.25, 0.3) is 0 Å². The van der Waals surface area contributed by atoms with E-state index in [-0.39, 0.29) is 0 Å². The van der Waals surface area contributed by atoms with Gasteiger partial charge in [0.2, 0.25) is 0 Å². The molecule has 0 amide bonds. The third-order valence-electron chi connectivity index (χ3n) is 2.85. The van der Waals surface area contributed by atoms with Gasteiger partial charge in [-0.15, -0.1) is 0 Å². The van der Waals surface area contributed by atoms with Crippen molar-refractivity contribution in [2.24, 2.45) is 0 Å². The molecule has 0 radical (unpaired) electrons. The minimum absolute atomic E-state index is 1.06. The largest absolute Gasteiger partial charge is 0.227 e. The number of halogens is 1. The summed E-state index contributed by atoms with van der Waals surface area (Å²) in [6, 6.07) is 4.36. The van der Waals surface area contributed by atoms with E-state index in [9.17, 15) is 0 Å². The van der Waals surface area contributed by atoms with Crippen LogP contribution in [-0.4, -0.2) is 9.61 Å². The lowest BCUT2D eigenvalue weighted by Gasteiger charge is -2.04. The highest BCUT2D eigenvalue weighted by Crippen LogP contribution is 2.23. The van der Waals surface area contributed by atoms with E-state index >= 15 is 0 Å². The highest BCUT2D eigenvalue weighted by Gasteiger charge is 2.12. The molecule has 0 atom stereocenters. The van der Waals surface area contributed by atoms with E-state index in [2.05, 4.69) is 65.1 Å². The third-order valence-corrected chi connectivity index (χ3v) is 3.66. The van der Waals surface area contributed by atoms with E-state index in [1.807, 2.05) is 0 Å². The maximum Gasteiger partial charge on any atom is 0.103 e. The molecule has 0 saturated heterocycles. The van der Waals surface area contributed by atoms with Gasteiger partial charge in [-0.25, -0.2) is 4.52 Å². The van der Waals surface area contributed by atoms with Crippen molar-refractivity contribution in [3.63, 3.8) is 0 Å². The van der Waals surface area contributed by atoms with Gasteiger partial charge in [0.05, 0.1) is 11.2 Å². The van der Waals surface area contributed by atoms with Crippen molar-refractivity contribution in [3.05, 3.63) is 32.7 Å². The van der Waals surface area contributed by atoms with Gasteiger partial charge in [-0.3, -0.25) is 0 Å². The lowest BCUT2D eigenvalue weighted by molar-refractivity contribution is 0.899. The number of fused-ring (bicyclic) bond motifs is 1. The lowest BCUT2D eigenvalue weighted by Crippen LogP contribution is -1.97. The van der Waals surface area contributed by atoms with Gasteiger partial charge in [0.15, 0.2) is 0 Å². The first-order valence-electron chi connectivity index (χ1n) is 5.34. The van der Waals surface area contributed by atoms with E-state index < -0.39 is 0 Å². The van der Waals surface area contributed by atoms with Crippen LogP contribution in [0.1, 0.15) is 30.7 Å². The van der Waals surface area contributed by atoms with Crippen LogP contribution in [0.2, 0.25) is 0 Å². The average Bonchev–Trinajstić information content (AvgIpc) is 2.56. The molecule has 2 rings (SSSR count). The third kappa shape index (κ3) is 1.67. The monoisotopic (exact) mass is 314 g/mol. The van der Waals surface area contributed by atoms with Crippen molar-refractivity contribution in [2.75, 3.05) is 0 Å². The van der Waals surface area contributed by atoms with Crippen molar-refractivity contribution in [3.8, 4) is 0 Å². The highest BCUT2D eigenvalue weighted by atomic mass is 127. The second-order valence-electron chi connectivity index (χ2n) is 3.71. The normalized spacial score (nSPS) is 11.2. The lowest BCUT2D eigenvalue weighted by atomic mass is 10.1. The molecule has 80 valence electrons. The molecule has 0 saturated carbocycles. The maximum absolute atomic E-state index is 4.60. The van der Waals surface area contributed by atoms with Crippen LogP contribution in [0.25, 0.3) is 5.52 Å². The summed E-state index contributed by atoms with van der Waals surface area (Å²) in [5.74, 6) is 0. The topological polar surface area (TPSA) is 17.3 Å². The number of rotatable bonds is 2. The van der Waals surface area contributed by atoms with Crippen molar-refractivity contribution in [2.45, 2.75) is 33.6 Å². The molecule has 0 fully saturated rings. The van der Waals surface area contributed by atoms with Crippen LogP contribution in [0.15, 0.2) is 12.1 Å². The molecule has 2 heterocycles. The zero-order valence-electron chi connectivity index (χ0n) is 9.34. The van der Waals surface area contributed by atoms with Crippen molar-refractivity contribution < 1.29 is 0 Å². The summed E-state index contributed by atoms with van der Waals surface area (Å²) in [5, 5.41) is 4.60. The molecule has 0 unspecified atom stereocenters. The van der Waals surface area contributed by atoms with Crippen LogP contribution in [0.4, 0.5) is 0 Å². The predicted molar refractivity (Wildman–Crippen MR) is 71.4 cm³/mol. The Balaban J connectivity index is 2.88. The van der Waals surface area contributed by atoms with Crippen molar-refractivity contribution >= 4 is 28.1 Å². The quantitative estimate of drug-likeness (QED) is 0.614. The average molecular weight is 314 g/mol. The molecule has 0 spiro atoms. The van der Waals surface area contributed by atoms with Gasteiger partial charge in [-0.1, -0.05) is 19.9 Å². The Kier molecular flexibility index (Phi) is 3.00. The maximum atomic E-state index is 4.60. The molecule has 2 nitrogen and oxygen atoms in total. The van der Waals surface area contributed by atoms with Gasteiger partial charge < -0.3 is 0 Å². The zero-order chi connectivity index (χ0) is 11.0. The molecular weight excluding hydrogens is 299 g/mol. The van der Waals surface area contributed by atoms with Crippen LogP contribution in [0.3, 0.4) is 0 Å². The number of hydrogen-bond donors (Lipinski definition) is 0. The minimum atomic E-state index is 1.06. The summed E-state index contributed by atoms with van der Waals surface area (Å²) in [5.41, 5.74) is 5.28. The van der Waals surface area contributed by atoms with Crippen molar-refractivity contribution in [1.29, 1.82) is 0 Å². The summed E-state index contributed by atoms with van der Waals surface area (Å²) < 4.78 is 3.26. The van der Waals surface area contributed by atoms with Gasteiger partial charge in [0, 0.05) is 5.56 Å². The standard InChI is InChI=1S/C12H15IN2/c1-4-9-6-7-11(13)15-12(9)10(5-2)8(3)14-15/h6-7H,4-5H2,1-3H3. The van der Waals surface area contributed by atoms with Gasteiger partial charge >= 0.3 is 0 Å². The minimum Gasteiger partial charge on any atom is -0.227 e. The number of hydrogen-bond acceptors (Lipinski definition) is 1. The molecule has 3 heteroatoms. The van der Waals surface area contributed by atoms with Crippen LogP contribution in [0.5, 0.6) is 0 Å².